The highest BCUT2D eigenvalue weighted by molar-refractivity contribution is 6.00. The number of nitrogens with one attached hydrogen (secondary N) is 10. The molecule has 15 atom stereocenters. The van der Waals surface area contributed by atoms with Crippen LogP contribution in [0.4, 0.5) is 26.3 Å². The van der Waals surface area contributed by atoms with Crippen molar-refractivity contribution < 1.29 is 129 Å². The Labute approximate surface area is 610 Å². The molecule has 600 valence electrons. The lowest BCUT2D eigenvalue weighted by Crippen LogP contribution is -2.64. The van der Waals surface area contributed by atoms with Crippen LogP contribution in [0.15, 0.2) is 65.7 Å². The molecule has 2 aromatic carbocycles. The zero-order chi connectivity index (χ0) is 82.1. The molecule has 1 aliphatic rings. The number of primary amides is 1. The first-order valence-electron chi connectivity index (χ1n) is 33.2. The predicted molar refractivity (Wildman–Crippen MR) is 364 cm³/mol. The normalized spacial score (nSPS) is 22.5. The van der Waals surface area contributed by atoms with E-state index < -0.39 is 205 Å². The van der Waals surface area contributed by atoms with Gasteiger partial charge in [0.05, 0.1) is 31.4 Å². The largest absolute Gasteiger partial charge is 0.490 e. The number of ether oxygens (including phenoxy) is 1. The van der Waals surface area contributed by atoms with Gasteiger partial charge in [-0.3, -0.25) is 57.7 Å². The van der Waals surface area contributed by atoms with E-state index in [1.165, 1.54) is 44.2 Å². The summed E-state index contributed by atoms with van der Waals surface area (Å²) in [5, 5.41) is 82.5. The van der Waals surface area contributed by atoms with Gasteiger partial charge in [-0.1, -0.05) is 122 Å². The summed E-state index contributed by atoms with van der Waals surface area (Å²) in [6, 6.07) is -2.25. The average molecular weight is 1540 g/mol. The lowest BCUT2D eigenvalue weighted by atomic mass is 9.95. The van der Waals surface area contributed by atoms with Gasteiger partial charge in [0.2, 0.25) is 65.0 Å². The Balaban J connectivity index is 0.00000369. The van der Waals surface area contributed by atoms with Crippen LogP contribution in [-0.4, -0.2) is 230 Å². The van der Waals surface area contributed by atoms with Crippen molar-refractivity contribution in [2.45, 2.75) is 198 Å². The lowest BCUT2D eigenvalue weighted by Gasteiger charge is -2.33. The van der Waals surface area contributed by atoms with Crippen LogP contribution in [0.2, 0.25) is 0 Å². The van der Waals surface area contributed by atoms with Gasteiger partial charge in [-0.25, -0.2) is 14.4 Å². The number of amides is 11. The Bertz CT molecular complexity index is 3330. The number of nitrogens with two attached hydrogens (primary N) is 4. The van der Waals surface area contributed by atoms with E-state index in [9.17, 15) is 99.5 Å². The van der Waals surface area contributed by atoms with Crippen LogP contribution in [0, 0.1) is 23.7 Å². The second-order valence-corrected chi connectivity index (χ2v) is 25.7. The van der Waals surface area contributed by atoms with Crippen molar-refractivity contribution in [3.8, 4) is 0 Å². The standard InChI is InChI=1S/C61H95N15O17.2C2HF3O2/c1-10-32(8)42-56(88)74-43(33(9)78)55(87)67-27-41(79)72-45(48(81)50(63)82)58(90)71-40(28-77)60(92)93-49(35-20-15-12-16-21-35)46(76-54(86)39(25-30(4)5)69-51(83)36(62)26-34-18-13-11-14-19-34)59(91)75-44(47(80)31(6)7)57(89)70-38(24-29(2)3)53(85)68-37(52(84)73-42)22-17-23-66-61(64)65;2*3-2(4,5)1(6)7/h11-16,18-21,29-33,36-40,42-49,77-78,80-81H,10,17,22-28,62H2,1-9H3,(H2,63,82)(H,67,87)(H,68,85)(H,69,83)(H,70,89)(H,71,90)(H,72,79)(H,73,84)(H,74,88)(H,75,91)(H,76,86)(H4,64,65,66);2*(H,6,7)/t32-,33-,36-,37+,38-,39-,40-,42?,43?,44-,45-,46-,47+,48-,49+;;/m0../s1. The van der Waals surface area contributed by atoms with Gasteiger partial charge in [-0.15, -0.1) is 0 Å². The second kappa shape index (κ2) is 45.2. The molecule has 1 fully saturated rings. The topological polar surface area (TPSA) is 606 Å². The molecule has 0 spiro atoms. The fourth-order valence-electron chi connectivity index (χ4n) is 9.60. The molecule has 1 aliphatic heterocycles. The lowest BCUT2D eigenvalue weighted by molar-refractivity contribution is -0.193. The minimum Gasteiger partial charge on any atom is -0.475 e. The van der Waals surface area contributed by atoms with Crippen LogP contribution in [0.25, 0.3) is 0 Å². The number of guanidine groups is 1. The number of cyclic esters (lactones) is 1. The number of aliphatic imine (C=N–C) groups is 1. The van der Waals surface area contributed by atoms with Crippen LogP contribution >= 0.6 is 0 Å². The number of carbonyl (C=O) groups excluding carboxylic acids is 12. The number of carbonyl (C=O) groups is 14. The summed E-state index contributed by atoms with van der Waals surface area (Å²) in [6.07, 6.45) is -18.4. The van der Waals surface area contributed by atoms with E-state index in [0.717, 1.165) is 6.92 Å². The summed E-state index contributed by atoms with van der Waals surface area (Å²) >= 11 is 0. The van der Waals surface area contributed by atoms with Crippen LogP contribution in [0.3, 0.4) is 0 Å². The molecule has 0 radical (unpaired) electrons. The maximum Gasteiger partial charge on any atom is 0.490 e. The summed E-state index contributed by atoms with van der Waals surface area (Å²) in [5.41, 5.74) is 23.4. The minimum absolute atomic E-state index is 0.0388. The molecule has 3 rings (SSSR count). The van der Waals surface area contributed by atoms with Gasteiger partial charge in [0, 0.05) is 6.54 Å². The Hall–Kier alpha value is -10.3. The number of alkyl halides is 6. The first-order chi connectivity index (χ1) is 49.6. The summed E-state index contributed by atoms with van der Waals surface area (Å²) in [4.78, 5) is 192. The number of hydrogen-bond acceptors (Lipinski definition) is 21. The van der Waals surface area contributed by atoms with Crippen LogP contribution in [0.1, 0.15) is 112 Å². The van der Waals surface area contributed by atoms with Crippen molar-refractivity contribution in [3.05, 3.63) is 71.8 Å². The van der Waals surface area contributed by atoms with Gasteiger partial charge in [-0.2, -0.15) is 26.3 Å². The van der Waals surface area contributed by atoms with Gasteiger partial charge in [0.1, 0.15) is 48.3 Å². The summed E-state index contributed by atoms with van der Waals surface area (Å²) < 4.78 is 69.4. The second-order valence-electron chi connectivity index (χ2n) is 25.7. The number of nitrogens with zero attached hydrogens (tertiary/aromatic N) is 1. The van der Waals surface area contributed by atoms with Gasteiger partial charge in [-0.05, 0) is 73.8 Å². The fraction of sp³-hybridized carbons (Fsp3) is 0.585. The van der Waals surface area contributed by atoms with Crippen LogP contribution < -0.4 is 76.1 Å². The van der Waals surface area contributed by atoms with Crippen molar-refractivity contribution in [1.29, 1.82) is 0 Å². The smallest absolute Gasteiger partial charge is 0.475 e. The molecule has 0 saturated carbocycles. The molecule has 1 heterocycles. The Morgan fingerprint density at radius 2 is 1.10 bits per heavy atom. The number of halogens is 6. The van der Waals surface area contributed by atoms with Gasteiger partial charge < -0.3 is 111 Å². The summed E-state index contributed by atoms with van der Waals surface area (Å²) in [5.74, 6) is -22.8. The molecular weight excluding hydrogens is 1440 g/mol. The molecule has 2 aromatic rings. The number of aliphatic hydroxyl groups excluding tert-OH is 4. The Morgan fingerprint density at radius 3 is 1.58 bits per heavy atom. The third-order valence-corrected chi connectivity index (χ3v) is 15.5. The van der Waals surface area contributed by atoms with E-state index in [1.807, 2.05) is 10.6 Å². The van der Waals surface area contributed by atoms with Gasteiger partial charge in [0.15, 0.2) is 24.2 Å². The Kier molecular flexibility index (Phi) is 40.0. The number of rotatable bonds is 23. The summed E-state index contributed by atoms with van der Waals surface area (Å²) in [7, 11) is 0. The third-order valence-electron chi connectivity index (χ3n) is 15.5. The SMILES string of the molecule is CC[C@H](C)C1NC(=O)[C@@H](CCCN=C(N)N)NC(=O)[C@H](CC(C)C)NC(=O)[C@H]([C@H](O)C(C)C)NC(=O)[C@@H](NC(=O)[C@H](CC(C)C)NC(=O)[C@@H](N)Cc2ccccc2)[C@@H](c2ccccc2)OC(=O)[C@H](CO)NC(=O)[C@H]([C@H](O)C(N)=O)NC(=O)CNC(=O)C([C@H](C)O)NC1=O.O=C(O)C(F)(F)F.O=C(O)C(F)(F)F. The quantitative estimate of drug-likeness (QED) is 0.0166. The molecule has 36 nitrogen and oxygen atoms in total. The molecule has 2 unspecified atom stereocenters. The van der Waals surface area contributed by atoms with Crippen molar-refractivity contribution in [1.82, 2.24) is 53.2 Å². The van der Waals surface area contributed by atoms with E-state index >= 15 is 4.79 Å². The van der Waals surface area contributed by atoms with E-state index in [1.54, 1.807) is 71.9 Å². The number of esters is 1. The zero-order valence-corrected chi connectivity index (χ0v) is 59.9. The number of carboxylic acids is 2. The van der Waals surface area contributed by atoms with Crippen LogP contribution in [0.5, 0.6) is 0 Å². The number of aliphatic carboxylic acids is 2. The number of aliphatic hydroxyl groups is 4. The van der Waals surface area contributed by atoms with Crippen molar-refractivity contribution in [2.75, 3.05) is 19.7 Å². The maximum absolute atomic E-state index is 15.4. The molecule has 11 amide bonds. The van der Waals surface area contributed by atoms with E-state index in [2.05, 4.69) is 47.5 Å². The first-order valence-corrected chi connectivity index (χ1v) is 33.2. The van der Waals surface area contributed by atoms with Crippen molar-refractivity contribution in [2.24, 2.45) is 51.6 Å². The fourth-order valence-corrected chi connectivity index (χ4v) is 9.60. The molecule has 42 heteroatoms. The van der Waals surface area contributed by atoms with Crippen molar-refractivity contribution >= 4 is 88.8 Å². The molecule has 107 heavy (non-hydrogen) atoms. The predicted octanol–water partition coefficient (Wildman–Crippen LogP) is -3.97. The first kappa shape index (κ1) is 94.7. The molecule has 1 saturated heterocycles. The Morgan fingerprint density at radius 1 is 0.617 bits per heavy atom. The third kappa shape index (κ3) is 33.8. The van der Waals surface area contributed by atoms with E-state index in [0.29, 0.717) is 5.56 Å². The molecule has 0 aliphatic carbocycles. The number of carboxylic acid groups (broad SMARTS) is 2. The molecular formula is C65H97F6N15O21. The number of benzene rings is 2. The zero-order valence-electron chi connectivity index (χ0n) is 59.9. The average Bonchev–Trinajstić information content (AvgIpc) is 0.814. The molecule has 0 aromatic heterocycles. The van der Waals surface area contributed by atoms with E-state index in [4.69, 9.17) is 47.5 Å². The van der Waals surface area contributed by atoms with Crippen LogP contribution in [-0.2, 0) is 78.3 Å². The molecule has 24 N–H and O–H groups in total. The highest BCUT2D eigenvalue weighted by atomic mass is 19.4. The molecule has 0 bridgehead atoms. The number of hydrogen-bond donors (Lipinski definition) is 20. The minimum atomic E-state index is -5.08. The summed E-state index contributed by atoms with van der Waals surface area (Å²) in [6.45, 7) is 11.7. The maximum atomic E-state index is 15.4. The highest BCUT2D eigenvalue weighted by Gasteiger charge is 2.45. The monoisotopic (exact) mass is 1540 g/mol. The van der Waals surface area contributed by atoms with Gasteiger partial charge >= 0.3 is 30.3 Å². The van der Waals surface area contributed by atoms with Gasteiger partial charge in [0.25, 0.3) is 0 Å². The van der Waals surface area contributed by atoms with E-state index in [-0.39, 0.29) is 68.4 Å². The highest BCUT2D eigenvalue weighted by Crippen LogP contribution is 2.25. The van der Waals surface area contributed by atoms with Crippen molar-refractivity contribution in [3.63, 3.8) is 0 Å².